The Balaban J connectivity index is 1.37. The minimum absolute atomic E-state index is 0.0270. The first kappa shape index (κ1) is 18.1. The maximum atomic E-state index is 12.2. The number of hydrogen-bond acceptors (Lipinski definition) is 3. The zero-order valence-corrected chi connectivity index (χ0v) is 16.4. The molecule has 0 atom stereocenters. The summed E-state index contributed by atoms with van der Waals surface area (Å²) in [5, 5.41) is 3.64. The Labute approximate surface area is 168 Å². The fraction of sp³-hybridized carbons (Fsp3) is 0.238. The molecule has 0 saturated heterocycles. The average Bonchev–Trinajstić information content (AvgIpc) is 3.12. The molecule has 0 bridgehead atoms. The van der Waals surface area contributed by atoms with Crippen molar-refractivity contribution in [3.8, 4) is 11.4 Å². The van der Waals surface area contributed by atoms with E-state index in [0.29, 0.717) is 10.8 Å². The summed E-state index contributed by atoms with van der Waals surface area (Å²) in [6.45, 7) is 1.03. The molecule has 6 heteroatoms. The highest BCUT2D eigenvalue weighted by Gasteiger charge is 2.15. The van der Waals surface area contributed by atoms with Crippen molar-refractivity contribution in [1.82, 2.24) is 9.55 Å². The van der Waals surface area contributed by atoms with E-state index in [9.17, 15) is 4.79 Å². The van der Waals surface area contributed by atoms with Crippen LogP contribution in [-0.2, 0) is 17.8 Å². The summed E-state index contributed by atoms with van der Waals surface area (Å²) in [5.74, 6) is 1.35. The van der Waals surface area contributed by atoms with Crippen LogP contribution in [0.15, 0.2) is 59.6 Å². The van der Waals surface area contributed by atoms with Gasteiger partial charge in [0.25, 0.3) is 0 Å². The number of imidazole rings is 1. The first-order chi connectivity index (χ1) is 13.2. The number of halogens is 1. The number of rotatable bonds is 5. The summed E-state index contributed by atoms with van der Waals surface area (Å²) in [7, 11) is 0. The number of hydrogen-bond donors (Lipinski definition) is 1. The van der Waals surface area contributed by atoms with Gasteiger partial charge in [0.1, 0.15) is 5.82 Å². The Hall–Kier alpha value is -2.24. The van der Waals surface area contributed by atoms with Gasteiger partial charge < -0.3 is 9.88 Å². The number of carbonyl (C=O) groups is 1. The van der Waals surface area contributed by atoms with Gasteiger partial charge in [0.2, 0.25) is 5.91 Å². The standard InChI is InChI=1S/C21H20ClN3OS/c22-16-6-10-19(11-7-16)27-14-20(26)24-17-8-4-15(5-9-17)21-23-13-18-3-1-2-12-25(18)21/h4-11,13H,1-3,12,14H2,(H,24,26). The van der Waals surface area contributed by atoms with Crippen molar-refractivity contribution >= 4 is 35.0 Å². The normalized spacial score (nSPS) is 13.2. The second-order valence-electron chi connectivity index (χ2n) is 6.55. The highest BCUT2D eigenvalue weighted by molar-refractivity contribution is 8.00. The molecule has 1 N–H and O–H groups in total. The van der Waals surface area contributed by atoms with Crippen LogP contribution in [0.25, 0.3) is 11.4 Å². The van der Waals surface area contributed by atoms with Gasteiger partial charge in [-0.05, 0) is 67.8 Å². The van der Waals surface area contributed by atoms with Gasteiger partial charge >= 0.3 is 0 Å². The molecule has 1 amide bonds. The van der Waals surface area contributed by atoms with Gasteiger partial charge in [0.05, 0.1) is 5.75 Å². The Morgan fingerprint density at radius 1 is 1.11 bits per heavy atom. The smallest absolute Gasteiger partial charge is 0.234 e. The van der Waals surface area contributed by atoms with Gasteiger partial charge in [0.15, 0.2) is 0 Å². The SMILES string of the molecule is O=C(CSc1ccc(Cl)cc1)Nc1ccc(-c2ncc3n2CCCC3)cc1. The molecule has 3 aromatic rings. The molecule has 0 aliphatic carbocycles. The molecule has 1 aromatic heterocycles. The van der Waals surface area contributed by atoms with E-state index in [1.807, 2.05) is 54.7 Å². The summed E-state index contributed by atoms with van der Waals surface area (Å²) < 4.78 is 2.31. The molecule has 138 valence electrons. The fourth-order valence-corrected chi connectivity index (χ4v) is 4.07. The van der Waals surface area contributed by atoms with Crippen LogP contribution < -0.4 is 5.32 Å². The van der Waals surface area contributed by atoms with Crippen LogP contribution in [0.4, 0.5) is 5.69 Å². The Morgan fingerprint density at radius 3 is 2.67 bits per heavy atom. The van der Waals surface area contributed by atoms with Crippen LogP contribution in [0.1, 0.15) is 18.5 Å². The number of nitrogens with one attached hydrogen (secondary N) is 1. The molecule has 0 radical (unpaired) electrons. The minimum Gasteiger partial charge on any atom is -0.328 e. The molecular formula is C21H20ClN3OS. The van der Waals surface area contributed by atoms with Crippen molar-refractivity contribution in [2.24, 2.45) is 0 Å². The molecular weight excluding hydrogens is 378 g/mol. The highest BCUT2D eigenvalue weighted by atomic mass is 35.5. The van der Waals surface area contributed by atoms with Crippen LogP contribution >= 0.6 is 23.4 Å². The Kier molecular flexibility index (Phi) is 5.50. The van der Waals surface area contributed by atoms with E-state index < -0.39 is 0 Å². The molecule has 2 aromatic carbocycles. The molecule has 0 fully saturated rings. The Morgan fingerprint density at radius 2 is 1.89 bits per heavy atom. The molecule has 2 heterocycles. The lowest BCUT2D eigenvalue weighted by Crippen LogP contribution is -2.14. The second-order valence-corrected chi connectivity index (χ2v) is 8.04. The summed E-state index contributed by atoms with van der Waals surface area (Å²) in [6, 6.07) is 15.4. The van der Waals surface area contributed by atoms with Crippen molar-refractivity contribution < 1.29 is 4.79 Å². The number of aryl methyl sites for hydroxylation is 1. The number of fused-ring (bicyclic) bond motifs is 1. The molecule has 0 saturated carbocycles. The summed E-state index contributed by atoms with van der Waals surface area (Å²) >= 11 is 7.37. The van der Waals surface area contributed by atoms with E-state index in [-0.39, 0.29) is 5.91 Å². The molecule has 4 rings (SSSR count). The fourth-order valence-electron chi connectivity index (χ4n) is 3.25. The number of benzene rings is 2. The number of nitrogens with zero attached hydrogens (tertiary/aromatic N) is 2. The molecule has 4 nitrogen and oxygen atoms in total. The monoisotopic (exact) mass is 397 g/mol. The molecule has 0 unspecified atom stereocenters. The maximum absolute atomic E-state index is 12.2. The van der Waals surface area contributed by atoms with E-state index in [0.717, 1.165) is 34.9 Å². The number of thioether (sulfide) groups is 1. The van der Waals surface area contributed by atoms with E-state index in [1.54, 1.807) is 0 Å². The van der Waals surface area contributed by atoms with Gasteiger partial charge in [-0.3, -0.25) is 4.79 Å². The van der Waals surface area contributed by atoms with Gasteiger partial charge in [-0.25, -0.2) is 4.98 Å². The topological polar surface area (TPSA) is 46.9 Å². The van der Waals surface area contributed by atoms with E-state index in [1.165, 1.54) is 30.3 Å². The van der Waals surface area contributed by atoms with Crippen LogP contribution in [0.2, 0.25) is 5.02 Å². The third-order valence-electron chi connectivity index (χ3n) is 4.61. The lowest BCUT2D eigenvalue weighted by molar-refractivity contribution is -0.113. The van der Waals surface area contributed by atoms with Gasteiger partial charge in [-0.1, -0.05) is 11.6 Å². The first-order valence-corrected chi connectivity index (χ1v) is 10.4. The number of anilines is 1. The van der Waals surface area contributed by atoms with Crippen LogP contribution in [0.5, 0.6) is 0 Å². The average molecular weight is 398 g/mol. The largest absolute Gasteiger partial charge is 0.328 e. The lowest BCUT2D eigenvalue weighted by atomic mass is 10.1. The Bertz CT molecular complexity index is 935. The number of aromatic nitrogens is 2. The number of amides is 1. The van der Waals surface area contributed by atoms with Crippen LogP contribution in [-0.4, -0.2) is 21.2 Å². The van der Waals surface area contributed by atoms with E-state index in [4.69, 9.17) is 11.6 Å². The van der Waals surface area contributed by atoms with Gasteiger partial charge in [0, 0.05) is 39.6 Å². The molecule has 0 spiro atoms. The minimum atomic E-state index is -0.0270. The lowest BCUT2D eigenvalue weighted by Gasteiger charge is -2.16. The zero-order valence-electron chi connectivity index (χ0n) is 14.8. The molecule has 1 aliphatic rings. The van der Waals surface area contributed by atoms with Crippen molar-refractivity contribution in [2.75, 3.05) is 11.1 Å². The highest BCUT2D eigenvalue weighted by Crippen LogP contribution is 2.26. The predicted octanol–water partition coefficient (Wildman–Crippen LogP) is 5.27. The van der Waals surface area contributed by atoms with Crippen LogP contribution in [0, 0.1) is 0 Å². The zero-order chi connectivity index (χ0) is 18.6. The third-order valence-corrected chi connectivity index (χ3v) is 5.88. The van der Waals surface area contributed by atoms with Gasteiger partial charge in [-0.15, -0.1) is 11.8 Å². The van der Waals surface area contributed by atoms with Crippen molar-refractivity contribution in [3.63, 3.8) is 0 Å². The van der Waals surface area contributed by atoms with Gasteiger partial charge in [-0.2, -0.15) is 0 Å². The van der Waals surface area contributed by atoms with E-state index >= 15 is 0 Å². The first-order valence-electron chi connectivity index (χ1n) is 9.02. The number of carbonyl (C=O) groups excluding carboxylic acids is 1. The van der Waals surface area contributed by atoms with E-state index in [2.05, 4.69) is 14.9 Å². The second kappa shape index (κ2) is 8.19. The van der Waals surface area contributed by atoms with Crippen LogP contribution in [0.3, 0.4) is 0 Å². The summed E-state index contributed by atoms with van der Waals surface area (Å²) in [6.07, 6.45) is 5.53. The van der Waals surface area contributed by atoms with Crippen molar-refractivity contribution in [3.05, 3.63) is 65.4 Å². The van der Waals surface area contributed by atoms with Crippen molar-refractivity contribution in [2.45, 2.75) is 30.7 Å². The molecule has 27 heavy (non-hydrogen) atoms. The molecule has 1 aliphatic heterocycles. The predicted molar refractivity (Wildman–Crippen MR) is 111 cm³/mol. The third kappa shape index (κ3) is 4.37. The maximum Gasteiger partial charge on any atom is 0.234 e. The van der Waals surface area contributed by atoms with Crippen molar-refractivity contribution in [1.29, 1.82) is 0 Å². The quantitative estimate of drug-likeness (QED) is 0.596. The summed E-state index contributed by atoms with van der Waals surface area (Å²) in [4.78, 5) is 17.8. The summed E-state index contributed by atoms with van der Waals surface area (Å²) in [5.41, 5.74) is 3.19.